The summed E-state index contributed by atoms with van der Waals surface area (Å²) >= 11 is 0. The normalized spacial score (nSPS) is 18.6. The maximum Gasteiger partial charge on any atom is 0.270 e. The predicted molar refractivity (Wildman–Crippen MR) is 75.3 cm³/mol. The van der Waals surface area contributed by atoms with E-state index in [4.69, 9.17) is 0 Å². The van der Waals surface area contributed by atoms with Gasteiger partial charge in [-0.2, -0.15) is 0 Å². The van der Waals surface area contributed by atoms with Gasteiger partial charge in [-0.15, -0.1) is 0 Å². The second kappa shape index (κ2) is 4.92. The zero-order valence-electron chi connectivity index (χ0n) is 11.2. The fourth-order valence-corrected chi connectivity index (χ4v) is 2.38. The average Bonchev–Trinajstić information content (AvgIpc) is 2.78. The Kier molecular flexibility index (Phi) is 3.10. The molecule has 2 heterocycles. The fraction of sp³-hybridized carbons (Fsp3) is 0.267. The zero-order valence-corrected chi connectivity index (χ0v) is 11.2. The quantitative estimate of drug-likeness (QED) is 0.891. The van der Waals surface area contributed by atoms with Gasteiger partial charge in [0.1, 0.15) is 11.7 Å². The molecular formula is C15H15N3O2. The second-order valence-corrected chi connectivity index (χ2v) is 4.96. The van der Waals surface area contributed by atoms with Crippen LogP contribution in [0.15, 0.2) is 36.4 Å². The van der Waals surface area contributed by atoms with Gasteiger partial charge >= 0.3 is 0 Å². The molecular weight excluding hydrogens is 254 g/mol. The minimum absolute atomic E-state index is 0.0425. The van der Waals surface area contributed by atoms with Crippen LogP contribution in [0.1, 0.15) is 16.9 Å². The van der Waals surface area contributed by atoms with E-state index < -0.39 is 6.04 Å². The molecule has 0 spiro atoms. The number of para-hydroxylation sites is 1. The van der Waals surface area contributed by atoms with Crippen LogP contribution in [-0.4, -0.2) is 41.3 Å². The van der Waals surface area contributed by atoms with E-state index in [-0.39, 0.29) is 11.8 Å². The van der Waals surface area contributed by atoms with Crippen molar-refractivity contribution < 1.29 is 9.59 Å². The maximum atomic E-state index is 12.2. The Morgan fingerprint density at radius 2 is 2.10 bits per heavy atom. The molecule has 0 saturated carbocycles. The highest BCUT2D eigenvalue weighted by Crippen LogP contribution is 2.13. The van der Waals surface area contributed by atoms with E-state index in [0.29, 0.717) is 18.7 Å². The van der Waals surface area contributed by atoms with Crippen molar-refractivity contribution >= 4 is 22.7 Å². The number of likely N-dealkylation sites (tertiary alicyclic amines) is 1. The Bertz CT molecular complexity index is 684. The summed E-state index contributed by atoms with van der Waals surface area (Å²) in [5, 5.41) is 3.73. The topological polar surface area (TPSA) is 62.3 Å². The Morgan fingerprint density at radius 3 is 2.85 bits per heavy atom. The number of aromatic nitrogens is 1. The molecule has 102 valence electrons. The SMILES string of the molecule is CN1CC[C@@H](NC(=O)c2ccc3ccccc3n2)C1=O. The minimum Gasteiger partial charge on any atom is -0.344 e. The molecule has 0 aliphatic carbocycles. The van der Waals surface area contributed by atoms with E-state index in [2.05, 4.69) is 10.3 Å². The van der Waals surface area contributed by atoms with E-state index in [1.807, 2.05) is 30.3 Å². The molecule has 5 nitrogen and oxygen atoms in total. The average molecular weight is 269 g/mol. The number of likely N-dealkylation sites (N-methyl/N-ethyl adjacent to an activating group) is 1. The largest absolute Gasteiger partial charge is 0.344 e. The first-order chi connectivity index (χ1) is 9.65. The van der Waals surface area contributed by atoms with Crippen LogP contribution in [0, 0.1) is 0 Å². The van der Waals surface area contributed by atoms with E-state index in [0.717, 1.165) is 10.9 Å². The monoisotopic (exact) mass is 269 g/mol. The zero-order chi connectivity index (χ0) is 14.1. The minimum atomic E-state index is -0.430. The maximum absolute atomic E-state index is 12.2. The molecule has 2 aromatic rings. The first kappa shape index (κ1) is 12.6. The van der Waals surface area contributed by atoms with Crippen LogP contribution in [-0.2, 0) is 4.79 Å². The van der Waals surface area contributed by atoms with E-state index in [1.54, 1.807) is 18.0 Å². The van der Waals surface area contributed by atoms with Gasteiger partial charge in [0.2, 0.25) is 5.91 Å². The van der Waals surface area contributed by atoms with Gasteiger partial charge in [0, 0.05) is 19.0 Å². The van der Waals surface area contributed by atoms with E-state index in [9.17, 15) is 9.59 Å². The van der Waals surface area contributed by atoms with Gasteiger partial charge in [0.15, 0.2) is 0 Å². The number of fused-ring (bicyclic) bond motifs is 1. The molecule has 1 N–H and O–H groups in total. The molecule has 0 bridgehead atoms. The van der Waals surface area contributed by atoms with Gasteiger partial charge in [-0.3, -0.25) is 9.59 Å². The van der Waals surface area contributed by atoms with Gasteiger partial charge < -0.3 is 10.2 Å². The van der Waals surface area contributed by atoms with Crippen LogP contribution in [0.4, 0.5) is 0 Å². The molecule has 0 radical (unpaired) electrons. The Hall–Kier alpha value is -2.43. The van der Waals surface area contributed by atoms with Crippen LogP contribution in [0.25, 0.3) is 10.9 Å². The molecule has 1 saturated heterocycles. The van der Waals surface area contributed by atoms with Gasteiger partial charge in [-0.05, 0) is 18.6 Å². The summed E-state index contributed by atoms with van der Waals surface area (Å²) in [7, 11) is 1.74. The summed E-state index contributed by atoms with van der Waals surface area (Å²) in [4.78, 5) is 29.9. The van der Waals surface area contributed by atoms with Crippen molar-refractivity contribution in [3.05, 3.63) is 42.1 Å². The summed E-state index contributed by atoms with van der Waals surface area (Å²) in [6, 6.07) is 10.7. The van der Waals surface area contributed by atoms with Gasteiger partial charge in [-0.1, -0.05) is 24.3 Å². The smallest absolute Gasteiger partial charge is 0.270 e. The summed E-state index contributed by atoms with van der Waals surface area (Å²) in [5.41, 5.74) is 1.11. The lowest BCUT2D eigenvalue weighted by Crippen LogP contribution is -2.40. The highest BCUT2D eigenvalue weighted by Gasteiger charge is 2.30. The van der Waals surface area contributed by atoms with Crippen molar-refractivity contribution in [1.82, 2.24) is 15.2 Å². The third kappa shape index (κ3) is 2.22. The van der Waals surface area contributed by atoms with Crippen molar-refractivity contribution in [3.8, 4) is 0 Å². The molecule has 1 aromatic heterocycles. The second-order valence-electron chi connectivity index (χ2n) is 4.96. The molecule has 0 unspecified atom stereocenters. The van der Waals surface area contributed by atoms with Crippen LogP contribution >= 0.6 is 0 Å². The summed E-state index contributed by atoms with van der Waals surface area (Å²) < 4.78 is 0. The first-order valence-electron chi connectivity index (χ1n) is 6.57. The molecule has 2 amide bonds. The number of carbonyl (C=O) groups excluding carboxylic acids is 2. The molecule has 5 heteroatoms. The first-order valence-corrected chi connectivity index (χ1v) is 6.57. The molecule has 3 rings (SSSR count). The number of rotatable bonds is 2. The standard InChI is InChI=1S/C15H15N3O2/c1-18-9-8-13(15(18)20)17-14(19)12-7-6-10-4-2-3-5-11(10)16-12/h2-7,13H,8-9H2,1H3,(H,17,19)/t13-/m1/s1. The fourth-order valence-electron chi connectivity index (χ4n) is 2.38. The van der Waals surface area contributed by atoms with Crippen molar-refractivity contribution in [2.45, 2.75) is 12.5 Å². The molecule has 20 heavy (non-hydrogen) atoms. The number of hydrogen-bond donors (Lipinski definition) is 1. The molecule has 1 fully saturated rings. The number of nitrogens with zero attached hydrogens (tertiary/aromatic N) is 2. The number of hydrogen-bond acceptors (Lipinski definition) is 3. The lowest BCUT2D eigenvalue weighted by molar-refractivity contribution is -0.128. The summed E-state index contributed by atoms with van der Waals surface area (Å²) in [6.45, 7) is 0.676. The van der Waals surface area contributed by atoms with Crippen molar-refractivity contribution in [2.24, 2.45) is 0 Å². The van der Waals surface area contributed by atoms with Gasteiger partial charge in [-0.25, -0.2) is 4.98 Å². The molecule has 1 aliphatic rings. The van der Waals surface area contributed by atoms with E-state index in [1.165, 1.54) is 0 Å². The Balaban J connectivity index is 1.80. The van der Waals surface area contributed by atoms with Crippen LogP contribution in [0.2, 0.25) is 0 Å². The van der Waals surface area contributed by atoms with Crippen molar-refractivity contribution in [2.75, 3.05) is 13.6 Å². The summed E-state index contributed by atoms with van der Waals surface area (Å²) in [5.74, 6) is -0.344. The van der Waals surface area contributed by atoms with Crippen molar-refractivity contribution in [1.29, 1.82) is 0 Å². The van der Waals surface area contributed by atoms with Gasteiger partial charge in [0.25, 0.3) is 5.91 Å². The molecule has 1 aliphatic heterocycles. The van der Waals surface area contributed by atoms with Crippen LogP contribution < -0.4 is 5.32 Å². The number of nitrogens with one attached hydrogen (secondary N) is 1. The third-order valence-corrected chi connectivity index (χ3v) is 3.56. The lowest BCUT2D eigenvalue weighted by atomic mass is 10.2. The third-order valence-electron chi connectivity index (χ3n) is 3.56. The Labute approximate surface area is 116 Å². The lowest BCUT2D eigenvalue weighted by Gasteiger charge is -2.12. The number of carbonyl (C=O) groups is 2. The number of pyridine rings is 1. The molecule has 1 atom stereocenters. The predicted octanol–water partition coefficient (Wildman–Crippen LogP) is 1.20. The molecule has 1 aromatic carbocycles. The van der Waals surface area contributed by atoms with Crippen LogP contribution in [0.3, 0.4) is 0 Å². The van der Waals surface area contributed by atoms with E-state index >= 15 is 0 Å². The van der Waals surface area contributed by atoms with Crippen molar-refractivity contribution in [3.63, 3.8) is 0 Å². The highest BCUT2D eigenvalue weighted by molar-refractivity contribution is 5.98. The number of amides is 2. The van der Waals surface area contributed by atoms with Gasteiger partial charge in [0.05, 0.1) is 5.52 Å². The summed E-state index contributed by atoms with van der Waals surface area (Å²) in [6.07, 6.45) is 0.647. The number of benzene rings is 1. The highest BCUT2D eigenvalue weighted by atomic mass is 16.2. The van der Waals surface area contributed by atoms with Crippen LogP contribution in [0.5, 0.6) is 0 Å². The Morgan fingerprint density at radius 1 is 1.30 bits per heavy atom.